The van der Waals surface area contributed by atoms with Gasteiger partial charge in [-0.15, -0.1) is 0 Å². The summed E-state index contributed by atoms with van der Waals surface area (Å²) in [6.07, 6.45) is 0. The van der Waals surface area contributed by atoms with E-state index in [0.717, 1.165) is 35.1 Å². The molecule has 0 bridgehead atoms. The van der Waals surface area contributed by atoms with Crippen LogP contribution >= 0.6 is 0 Å². The molecule has 0 saturated carbocycles. The smallest absolute Gasteiger partial charge is 0.272 e. The van der Waals surface area contributed by atoms with Crippen molar-refractivity contribution >= 4 is 34.1 Å². The van der Waals surface area contributed by atoms with E-state index in [0.29, 0.717) is 36.8 Å². The first-order chi connectivity index (χ1) is 14.5. The van der Waals surface area contributed by atoms with Gasteiger partial charge < -0.3 is 20.4 Å². The summed E-state index contributed by atoms with van der Waals surface area (Å²) in [6, 6.07) is 13.2. The highest BCUT2D eigenvalue weighted by Gasteiger charge is 2.17. The third kappa shape index (κ3) is 4.53. The number of morpholine rings is 1. The number of fused-ring (bicyclic) bond motifs is 1. The van der Waals surface area contributed by atoms with E-state index in [9.17, 15) is 9.59 Å². The number of amides is 2. The van der Waals surface area contributed by atoms with Crippen LogP contribution in [0.3, 0.4) is 0 Å². The number of para-hydroxylation sites is 2. The Balaban J connectivity index is 1.47. The number of hydrogen-bond acceptors (Lipinski definition) is 4. The van der Waals surface area contributed by atoms with Crippen molar-refractivity contribution in [2.24, 2.45) is 0 Å². The number of carbonyl (C=O) groups excluding carboxylic acids is 2. The van der Waals surface area contributed by atoms with Crippen LogP contribution in [0.15, 0.2) is 42.5 Å². The van der Waals surface area contributed by atoms with E-state index in [-0.39, 0.29) is 11.8 Å². The second kappa shape index (κ2) is 8.69. The highest BCUT2D eigenvalue weighted by Crippen LogP contribution is 2.24. The molecule has 3 N–H and O–H groups in total. The predicted octanol–water partition coefficient (Wildman–Crippen LogP) is 3.31. The highest BCUT2D eigenvalue weighted by atomic mass is 16.5. The van der Waals surface area contributed by atoms with Gasteiger partial charge in [-0.2, -0.15) is 0 Å². The summed E-state index contributed by atoms with van der Waals surface area (Å²) in [6.45, 7) is 7.13. The van der Waals surface area contributed by atoms with Crippen LogP contribution < -0.4 is 10.6 Å². The van der Waals surface area contributed by atoms with Gasteiger partial charge in [0.15, 0.2) is 0 Å². The summed E-state index contributed by atoms with van der Waals surface area (Å²) in [5, 5.41) is 6.85. The molecule has 0 unspecified atom stereocenters. The first kappa shape index (κ1) is 20.1. The zero-order chi connectivity index (χ0) is 21.1. The van der Waals surface area contributed by atoms with E-state index in [1.165, 1.54) is 0 Å². The second-order valence-electron chi connectivity index (χ2n) is 7.66. The van der Waals surface area contributed by atoms with E-state index in [2.05, 4.69) is 26.6 Å². The van der Waals surface area contributed by atoms with Gasteiger partial charge in [0, 0.05) is 24.0 Å². The van der Waals surface area contributed by atoms with Gasteiger partial charge in [0.25, 0.3) is 5.91 Å². The molecule has 2 amide bonds. The molecule has 1 fully saturated rings. The monoisotopic (exact) mass is 406 g/mol. The normalized spacial score (nSPS) is 14.6. The van der Waals surface area contributed by atoms with Crippen LogP contribution in [0.4, 0.5) is 11.4 Å². The number of anilines is 2. The third-order valence-electron chi connectivity index (χ3n) is 5.25. The molecule has 2 heterocycles. The van der Waals surface area contributed by atoms with Gasteiger partial charge in [-0.05, 0) is 49.2 Å². The van der Waals surface area contributed by atoms with Crippen molar-refractivity contribution in [1.82, 2.24) is 9.88 Å². The Labute approximate surface area is 175 Å². The van der Waals surface area contributed by atoms with Crippen LogP contribution in [-0.2, 0) is 9.53 Å². The highest BCUT2D eigenvalue weighted by molar-refractivity contribution is 6.08. The fraction of sp³-hybridized carbons (Fsp3) is 0.304. The number of nitrogens with one attached hydrogen (secondary N) is 3. The zero-order valence-electron chi connectivity index (χ0n) is 17.2. The van der Waals surface area contributed by atoms with Gasteiger partial charge in [-0.25, -0.2) is 0 Å². The number of hydrogen-bond donors (Lipinski definition) is 3. The lowest BCUT2D eigenvalue weighted by molar-refractivity contribution is -0.118. The maximum absolute atomic E-state index is 12.9. The Morgan fingerprint density at radius 2 is 1.73 bits per heavy atom. The third-order valence-corrected chi connectivity index (χ3v) is 5.25. The van der Waals surface area contributed by atoms with Crippen LogP contribution in [0.2, 0.25) is 0 Å². The van der Waals surface area contributed by atoms with Gasteiger partial charge >= 0.3 is 0 Å². The van der Waals surface area contributed by atoms with Crippen molar-refractivity contribution < 1.29 is 14.3 Å². The molecule has 0 aliphatic carbocycles. The lowest BCUT2D eigenvalue weighted by Crippen LogP contribution is -2.41. The molecule has 0 radical (unpaired) electrons. The SMILES string of the molecule is Cc1cc(C)c2cc(C(=O)Nc3ccccc3NC(=O)CN3CCOCC3)[nH]c2c1. The van der Waals surface area contributed by atoms with Crippen LogP contribution in [0, 0.1) is 13.8 Å². The average Bonchev–Trinajstić information content (AvgIpc) is 3.15. The van der Waals surface area contributed by atoms with Crippen molar-refractivity contribution in [2.45, 2.75) is 13.8 Å². The topological polar surface area (TPSA) is 86.5 Å². The molecule has 0 atom stereocenters. The molecule has 1 aliphatic heterocycles. The number of aromatic amines is 1. The Bertz CT molecular complexity index is 1080. The maximum Gasteiger partial charge on any atom is 0.272 e. The van der Waals surface area contributed by atoms with Crippen LogP contribution in [0.5, 0.6) is 0 Å². The van der Waals surface area contributed by atoms with Gasteiger partial charge in [0.1, 0.15) is 5.69 Å². The van der Waals surface area contributed by atoms with E-state index in [4.69, 9.17) is 4.74 Å². The molecule has 1 saturated heterocycles. The standard InChI is InChI=1S/C23H26N4O3/c1-15-11-16(2)17-13-21(24-20(17)12-15)23(29)26-19-6-4-3-5-18(19)25-22(28)14-27-7-9-30-10-8-27/h3-6,11-13,24H,7-10,14H2,1-2H3,(H,25,28)(H,26,29). The fourth-order valence-electron chi connectivity index (χ4n) is 3.76. The first-order valence-electron chi connectivity index (χ1n) is 10.1. The molecule has 1 aliphatic rings. The minimum Gasteiger partial charge on any atom is -0.379 e. The van der Waals surface area contributed by atoms with Crippen molar-refractivity contribution in [3.05, 3.63) is 59.3 Å². The number of aryl methyl sites for hydroxylation is 2. The molecule has 30 heavy (non-hydrogen) atoms. The zero-order valence-corrected chi connectivity index (χ0v) is 17.2. The molecule has 2 aromatic carbocycles. The first-order valence-corrected chi connectivity index (χ1v) is 10.1. The average molecular weight is 406 g/mol. The Morgan fingerprint density at radius 1 is 1.03 bits per heavy atom. The Morgan fingerprint density at radius 3 is 2.47 bits per heavy atom. The predicted molar refractivity (Wildman–Crippen MR) is 118 cm³/mol. The van der Waals surface area contributed by atoms with Crippen molar-refractivity contribution in [3.63, 3.8) is 0 Å². The number of H-pyrrole nitrogens is 1. The molecule has 4 rings (SSSR count). The molecular weight excluding hydrogens is 380 g/mol. The molecular formula is C23H26N4O3. The van der Waals surface area contributed by atoms with Gasteiger partial charge in [0.05, 0.1) is 31.1 Å². The van der Waals surface area contributed by atoms with Crippen LogP contribution in [0.25, 0.3) is 10.9 Å². The lowest BCUT2D eigenvalue weighted by Gasteiger charge is -2.26. The molecule has 156 valence electrons. The molecule has 7 nitrogen and oxygen atoms in total. The summed E-state index contributed by atoms with van der Waals surface area (Å²) in [7, 11) is 0. The number of ether oxygens (including phenoxy) is 1. The minimum absolute atomic E-state index is 0.115. The number of nitrogens with zero attached hydrogens (tertiary/aromatic N) is 1. The molecule has 3 aromatic rings. The van der Waals surface area contributed by atoms with Gasteiger partial charge in [-0.1, -0.05) is 18.2 Å². The molecule has 1 aromatic heterocycles. The van der Waals surface area contributed by atoms with Gasteiger partial charge in [0.2, 0.25) is 5.91 Å². The minimum atomic E-state index is -0.252. The largest absolute Gasteiger partial charge is 0.379 e. The number of rotatable bonds is 5. The Hall–Kier alpha value is -3.16. The van der Waals surface area contributed by atoms with Crippen molar-refractivity contribution in [1.29, 1.82) is 0 Å². The number of benzene rings is 2. The summed E-state index contributed by atoms with van der Waals surface area (Å²) in [5.41, 5.74) is 4.81. The summed E-state index contributed by atoms with van der Waals surface area (Å²) < 4.78 is 5.32. The summed E-state index contributed by atoms with van der Waals surface area (Å²) in [5.74, 6) is -0.367. The van der Waals surface area contributed by atoms with Crippen LogP contribution in [0.1, 0.15) is 21.6 Å². The summed E-state index contributed by atoms with van der Waals surface area (Å²) in [4.78, 5) is 30.6. The quantitative estimate of drug-likeness (QED) is 0.607. The molecule has 7 heteroatoms. The molecule has 0 spiro atoms. The maximum atomic E-state index is 12.9. The van der Waals surface area contributed by atoms with Crippen molar-refractivity contribution in [2.75, 3.05) is 43.5 Å². The Kier molecular flexibility index (Phi) is 5.83. The second-order valence-corrected chi connectivity index (χ2v) is 7.66. The van der Waals surface area contributed by atoms with E-state index < -0.39 is 0 Å². The van der Waals surface area contributed by atoms with Crippen LogP contribution in [-0.4, -0.2) is 54.5 Å². The summed E-state index contributed by atoms with van der Waals surface area (Å²) >= 11 is 0. The van der Waals surface area contributed by atoms with Gasteiger partial charge in [-0.3, -0.25) is 14.5 Å². The van der Waals surface area contributed by atoms with Crippen molar-refractivity contribution in [3.8, 4) is 0 Å². The fourth-order valence-corrected chi connectivity index (χ4v) is 3.76. The number of carbonyl (C=O) groups is 2. The van der Waals surface area contributed by atoms with E-state index in [1.54, 1.807) is 12.1 Å². The lowest BCUT2D eigenvalue weighted by atomic mass is 10.1. The van der Waals surface area contributed by atoms with E-state index in [1.807, 2.05) is 38.1 Å². The van der Waals surface area contributed by atoms with E-state index >= 15 is 0 Å². The number of aromatic nitrogens is 1.